The molecule has 1 aliphatic rings. The number of halogens is 3. The Morgan fingerprint density at radius 3 is 2.46 bits per heavy atom. The molecule has 0 bridgehead atoms. The average molecular weight is 379 g/mol. The monoisotopic (exact) mass is 378 g/mol. The van der Waals surface area contributed by atoms with Gasteiger partial charge >= 0.3 is 0 Å². The number of rotatable bonds is 4. The van der Waals surface area contributed by atoms with Crippen LogP contribution >= 0.6 is 38.5 Å². The highest BCUT2D eigenvalue weighted by atomic mass is 127. The van der Waals surface area contributed by atoms with Crippen LogP contribution in [-0.2, 0) is 0 Å². The minimum atomic E-state index is -0.441. The lowest BCUT2D eigenvalue weighted by atomic mass is 10.3. The Kier molecular flexibility index (Phi) is 5.79. The van der Waals surface area contributed by atoms with Gasteiger partial charge in [0.05, 0.1) is 9.01 Å². The Balaban J connectivity index is 2.11. The third kappa shape index (κ3) is 5.11. The van der Waals surface area contributed by atoms with Gasteiger partial charge in [-0.1, -0.05) is 63.1 Å². The third-order valence-corrected chi connectivity index (χ3v) is 8.14. The highest BCUT2D eigenvalue weighted by Gasteiger charge is 2.30. The molecule has 1 rings (SSSR count). The summed E-state index contributed by atoms with van der Waals surface area (Å²) in [6.07, 6.45) is 4.61. The van der Waals surface area contributed by atoms with Gasteiger partial charge in [-0.2, -0.15) is 0 Å². The molecule has 78 valence electrons. The van der Waals surface area contributed by atoms with Gasteiger partial charge in [-0.3, -0.25) is 4.39 Å². The van der Waals surface area contributed by atoms with Crippen molar-refractivity contribution in [3.05, 3.63) is 0 Å². The van der Waals surface area contributed by atoms with Crippen molar-refractivity contribution in [3.63, 3.8) is 0 Å². The van der Waals surface area contributed by atoms with Crippen molar-refractivity contribution in [2.75, 3.05) is 6.67 Å². The topological polar surface area (TPSA) is 0 Å². The molecule has 0 saturated carbocycles. The van der Waals surface area contributed by atoms with E-state index < -0.39 is 8.80 Å². The van der Waals surface area contributed by atoms with E-state index in [1.54, 1.807) is 0 Å². The molecule has 0 radical (unpaired) electrons. The fourth-order valence-electron chi connectivity index (χ4n) is 1.92. The molecule has 1 aliphatic heterocycles. The SMILES string of the molecule is FCCCC[SiH]1CCC(Br)(I)CC1. The standard InChI is InChI=1S/C9H17BrFISi/c10-9(12)3-7-13(8-4-9)6-2-1-5-11/h13H,1-8H2. The molecule has 0 unspecified atom stereocenters. The molecule has 13 heavy (non-hydrogen) atoms. The smallest absolute Gasteiger partial charge is 0.0894 e. The second kappa shape index (κ2) is 6.05. The zero-order valence-electron chi connectivity index (χ0n) is 7.87. The second-order valence-corrected chi connectivity index (χ2v) is 12.5. The van der Waals surface area contributed by atoms with Crippen molar-refractivity contribution in [1.82, 2.24) is 0 Å². The summed E-state index contributed by atoms with van der Waals surface area (Å²) < 4.78 is 12.3. The van der Waals surface area contributed by atoms with Gasteiger partial charge in [-0.05, 0) is 19.3 Å². The Hall–Kier alpha value is 1.36. The van der Waals surface area contributed by atoms with Crippen LogP contribution in [0.5, 0.6) is 0 Å². The number of hydrogen-bond acceptors (Lipinski definition) is 0. The van der Waals surface area contributed by atoms with Crippen molar-refractivity contribution in [2.45, 2.75) is 46.1 Å². The van der Waals surface area contributed by atoms with Crippen molar-refractivity contribution in [1.29, 1.82) is 0 Å². The van der Waals surface area contributed by atoms with Crippen LogP contribution in [0.4, 0.5) is 4.39 Å². The molecular formula is C9H17BrFISi. The lowest BCUT2D eigenvalue weighted by Crippen LogP contribution is -2.26. The van der Waals surface area contributed by atoms with E-state index in [1.165, 1.54) is 31.0 Å². The van der Waals surface area contributed by atoms with Gasteiger partial charge in [0.2, 0.25) is 0 Å². The zero-order valence-corrected chi connectivity index (χ0v) is 12.8. The van der Waals surface area contributed by atoms with E-state index >= 15 is 0 Å². The van der Waals surface area contributed by atoms with Crippen LogP contribution in [0, 0.1) is 0 Å². The Bertz CT molecular complexity index is 145. The molecule has 4 heteroatoms. The maximum atomic E-state index is 11.9. The van der Waals surface area contributed by atoms with Gasteiger partial charge in [0.15, 0.2) is 0 Å². The van der Waals surface area contributed by atoms with Crippen LogP contribution in [0.2, 0.25) is 18.1 Å². The summed E-state index contributed by atoms with van der Waals surface area (Å²) in [6, 6.07) is 4.30. The van der Waals surface area contributed by atoms with E-state index in [0.29, 0.717) is 2.33 Å². The van der Waals surface area contributed by atoms with Gasteiger partial charge in [0.25, 0.3) is 0 Å². The summed E-state index contributed by atoms with van der Waals surface area (Å²) in [4.78, 5) is 0. The molecule has 0 aromatic rings. The largest absolute Gasteiger partial charge is 0.251 e. The van der Waals surface area contributed by atoms with Gasteiger partial charge in [-0.25, -0.2) is 0 Å². The summed E-state index contributed by atoms with van der Waals surface area (Å²) in [5.74, 6) is 0. The molecule has 0 spiro atoms. The normalized spacial score (nSPS) is 34.8. The Morgan fingerprint density at radius 1 is 1.31 bits per heavy atom. The molecule has 0 atom stereocenters. The first-order valence-corrected chi connectivity index (χ1v) is 9.40. The predicted molar refractivity (Wildman–Crippen MR) is 71.7 cm³/mol. The Morgan fingerprint density at radius 2 is 1.92 bits per heavy atom. The van der Waals surface area contributed by atoms with E-state index in [2.05, 4.69) is 38.5 Å². The van der Waals surface area contributed by atoms with Gasteiger partial charge in [0, 0.05) is 8.80 Å². The van der Waals surface area contributed by atoms with Crippen LogP contribution in [0.25, 0.3) is 0 Å². The quantitative estimate of drug-likeness (QED) is 0.296. The van der Waals surface area contributed by atoms with Crippen LogP contribution in [-0.4, -0.2) is 17.8 Å². The first-order valence-electron chi connectivity index (χ1n) is 5.08. The minimum Gasteiger partial charge on any atom is -0.251 e. The average Bonchev–Trinajstić information content (AvgIpc) is 2.08. The van der Waals surface area contributed by atoms with Crippen molar-refractivity contribution in [3.8, 4) is 0 Å². The van der Waals surface area contributed by atoms with Crippen LogP contribution in [0.3, 0.4) is 0 Å². The number of alkyl halides is 3. The Labute approximate surface area is 104 Å². The van der Waals surface area contributed by atoms with E-state index in [9.17, 15) is 4.39 Å². The molecular weight excluding hydrogens is 362 g/mol. The van der Waals surface area contributed by atoms with Crippen LogP contribution < -0.4 is 0 Å². The molecule has 0 aromatic carbocycles. The fraction of sp³-hybridized carbons (Fsp3) is 1.00. The molecule has 1 heterocycles. The van der Waals surface area contributed by atoms with E-state index in [1.807, 2.05) is 0 Å². The summed E-state index contributed by atoms with van der Waals surface area (Å²) >= 11 is 6.28. The molecule has 0 aromatic heterocycles. The summed E-state index contributed by atoms with van der Waals surface area (Å²) in [5.41, 5.74) is 0. The summed E-state index contributed by atoms with van der Waals surface area (Å²) in [6.45, 7) is -0.115. The van der Waals surface area contributed by atoms with Gasteiger partial charge in [0.1, 0.15) is 0 Å². The first kappa shape index (κ1) is 12.4. The zero-order chi connectivity index (χ0) is 9.73. The summed E-state index contributed by atoms with van der Waals surface area (Å²) in [7, 11) is -0.441. The maximum Gasteiger partial charge on any atom is 0.0894 e. The fourth-order valence-corrected chi connectivity index (χ4v) is 8.55. The maximum absolute atomic E-state index is 11.9. The van der Waals surface area contributed by atoms with E-state index in [0.717, 1.165) is 12.8 Å². The van der Waals surface area contributed by atoms with Crippen molar-refractivity contribution in [2.24, 2.45) is 0 Å². The lowest BCUT2D eigenvalue weighted by Gasteiger charge is -2.30. The van der Waals surface area contributed by atoms with Crippen molar-refractivity contribution >= 4 is 47.3 Å². The van der Waals surface area contributed by atoms with E-state index in [4.69, 9.17) is 0 Å². The van der Waals surface area contributed by atoms with Crippen LogP contribution in [0.15, 0.2) is 0 Å². The van der Waals surface area contributed by atoms with Crippen molar-refractivity contribution < 1.29 is 4.39 Å². The molecule has 1 fully saturated rings. The molecule has 0 N–H and O–H groups in total. The lowest BCUT2D eigenvalue weighted by molar-refractivity contribution is 0.468. The summed E-state index contributed by atoms with van der Waals surface area (Å²) in [5, 5.41) is 0. The molecule has 0 amide bonds. The molecule has 0 aliphatic carbocycles. The van der Waals surface area contributed by atoms with Gasteiger partial charge in [-0.15, -0.1) is 0 Å². The number of unbranched alkanes of at least 4 members (excludes halogenated alkanes) is 1. The first-order chi connectivity index (χ1) is 6.14. The molecule has 1 saturated heterocycles. The predicted octanol–water partition coefficient (Wildman–Crippen LogP) is 4.28. The molecule has 0 nitrogen and oxygen atoms in total. The van der Waals surface area contributed by atoms with Gasteiger partial charge < -0.3 is 0 Å². The van der Waals surface area contributed by atoms with E-state index in [-0.39, 0.29) is 6.67 Å². The highest BCUT2D eigenvalue weighted by Crippen LogP contribution is 2.42. The second-order valence-electron chi connectivity index (χ2n) is 3.98. The minimum absolute atomic E-state index is 0.115. The third-order valence-electron chi connectivity index (χ3n) is 2.83. The number of hydrogen-bond donors (Lipinski definition) is 0. The highest BCUT2D eigenvalue weighted by molar-refractivity contribution is 14.1. The van der Waals surface area contributed by atoms with Crippen LogP contribution in [0.1, 0.15) is 25.7 Å².